The van der Waals surface area contributed by atoms with Gasteiger partial charge in [0.1, 0.15) is 0 Å². The van der Waals surface area contributed by atoms with Crippen LogP contribution in [0.5, 0.6) is 0 Å². The molecule has 1 amide bonds. The van der Waals surface area contributed by atoms with Crippen molar-refractivity contribution in [3.63, 3.8) is 0 Å². The van der Waals surface area contributed by atoms with Gasteiger partial charge in [-0.05, 0) is 6.92 Å². The highest BCUT2D eigenvalue weighted by Gasteiger charge is 2.23. The van der Waals surface area contributed by atoms with Crippen molar-refractivity contribution in [1.29, 1.82) is 0 Å². The van der Waals surface area contributed by atoms with E-state index in [4.69, 9.17) is 0 Å². The van der Waals surface area contributed by atoms with E-state index in [2.05, 4.69) is 4.99 Å². The summed E-state index contributed by atoms with van der Waals surface area (Å²) in [6.45, 7) is 1.47. The van der Waals surface area contributed by atoms with Gasteiger partial charge < -0.3 is 0 Å². The van der Waals surface area contributed by atoms with Gasteiger partial charge in [0.05, 0.1) is 5.71 Å². The SMILES string of the molecule is CC1=NC(=O)C=CC1[N+](=O)[O-]. The van der Waals surface area contributed by atoms with Crippen LogP contribution < -0.4 is 0 Å². The Morgan fingerprint density at radius 3 is 2.82 bits per heavy atom. The Bertz CT molecular complexity index is 267. The van der Waals surface area contributed by atoms with Crippen LogP contribution in [0.2, 0.25) is 0 Å². The van der Waals surface area contributed by atoms with Crippen LogP contribution in [0.4, 0.5) is 0 Å². The van der Waals surface area contributed by atoms with Crippen LogP contribution in [-0.4, -0.2) is 22.6 Å². The summed E-state index contributed by atoms with van der Waals surface area (Å²) in [5.74, 6) is -0.430. The first-order chi connectivity index (χ1) is 5.11. The van der Waals surface area contributed by atoms with Crippen molar-refractivity contribution < 1.29 is 9.72 Å². The van der Waals surface area contributed by atoms with Crippen LogP contribution in [0.3, 0.4) is 0 Å². The molecule has 58 valence electrons. The van der Waals surface area contributed by atoms with Gasteiger partial charge in [-0.1, -0.05) is 0 Å². The van der Waals surface area contributed by atoms with Gasteiger partial charge in [-0.2, -0.15) is 0 Å². The van der Waals surface area contributed by atoms with E-state index in [0.717, 1.165) is 6.08 Å². The van der Waals surface area contributed by atoms with E-state index in [1.54, 1.807) is 0 Å². The van der Waals surface area contributed by atoms with E-state index in [1.807, 2.05) is 0 Å². The number of nitrogens with zero attached hydrogens (tertiary/aromatic N) is 2. The molecular formula is C6H6N2O3. The molecule has 0 aromatic carbocycles. The molecule has 1 aliphatic heterocycles. The monoisotopic (exact) mass is 154 g/mol. The molecule has 0 radical (unpaired) electrons. The molecule has 0 bridgehead atoms. The van der Waals surface area contributed by atoms with Crippen LogP contribution in [0, 0.1) is 10.1 Å². The lowest BCUT2D eigenvalue weighted by atomic mass is 10.1. The van der Waals surface area contributed by atoms with Crippen molar-refractivity contribution in [2.75, 3.05) is 0 Å². The van der Waals surface area contributed by atoms with Gasteiger partial charge in [0, 0.05) is 17.1 Å². The largest absolute Gasteiger partial charge is 0.269 e. The summed E-state index contributed by atoms with van der Waals surface area (Å²) < 4.78 is 0. The van der Waals surface area contributed by atoms with Crippen LogP contribution in [-0.2, 0) is 4.79 Å². The molecule has 0 spiro atoms. The quantitative estimate of drug-likeness (QED) is 0.399. The molecule has 0 fully saturated rings. The topological polar surface area (TPSA) is 72.6 Å². The van der Waals surface area contributed by atoms with Gasteiger partial charge in [-0.25, -0.2) is 4.99 Å². The van der Waals surface area contributed by atoms with E-state index in [-0.39, 0.29) is 5.71 Å². The van der Waals surface area contributed by atoms with E-state index >= 15 is 0 Å². The molecule has 0 aromatic rings. The second-order valence-electron chi connectivity index (χ2n) is 2.18. The van der Waals surface area contributed by atoms with Crippen molar-refractivity contribution in [3.8, 4) is 0 Å². The number of hydrogen-bond donors (Lipinski definition) is 0. The van der Waals surface area contributed by atoms with E-state index in [9.17, 15) is 14.9 Å². The molecule has 5 heteroatoms. The van der Waals surface area contributed by atoms with E-state index in [1.165, 1.54) is 13.0 Å². The smallest absolute Gasteiger partial charge is 0.267 e. The first-order valence-corrected chi connectivity index (χ1v) is 3.02. The van der Waals surface area contributed by atoms with E-state index in [0.29, 0.717) is 0 Å². The average molecular weight is 154 g/mol. The molecule has 0 N–H and O–H groups in total. The fraction of sp³-hybridized carbons (Fsp3) is 0.333. The minimum atomic E-state index is -0.923. The minimum Gasteiger partial charge on any atom is -0.267 e. The third-order valence-electron chi connectivity index (χ3n) is 1.36. The highest BCUT2D eigenvalue weighted by atomic mass is 16.6. The van der Waals surface area contributed by atoms with Crippen molar-refractivity contribution >= 4 is 11.6 Å². The van der Waals surface area contributed by atoms with Gasteiger partial charge in [-0.15, -0.1) is 0 Å². The maximum atomic E-state index is 10.5. The van der Waals surface area contributed by atoms with Gasteiger partial charge in [0.25, 0.3) is 11.9 Å². The number of hydrogen-bond acceptors (Lipinski definition) is 3. The van der Waals surface area contributed by atoms with Crippen molar-refractivity contribution in [2.24, 2.45) is 4.99 Å². The molecule has 1 aliphatic rings. The standard InChI is InChI=1S/C6H6N2O3/c1-4-5(8(10)11)2-3-6(9)7-4/h2-3,5H,1H3. The molecule has 0 saturated heterocycles. The third-order valence-corrected chi connectivity index (χ3v) is 1.36. The Hall–Kier alpha value is -1.52. The molecule has 11 heavy (non-hydrogen) atoms. The van der Waals surface area contributed by atoms with Crippen LogP contribution in [0.1, 0.15) is 6.92 Å². The summed E-state index contributed by atoms with van der Waals surface area (Å²) in [5, 5.41) is 10.2. The van der Waals surface area contributed by atoms with Crippen LogP contribution in [0.15, 0.2) is 17.1 Å². The summed E-state index contributed by atoms with van der Waals surface area (Å²) in [5.41, 5.74) is 0.238. The molecule has 1 unspecified atom stereocenters. The minimum absolute atomic E-state index is 0.238. The van der Waals surface area contributed by atoms with Gasteiger partial charge in [0.2, 0.25) is 0 Å². The van der Waals surface area contributed by atoms with E-state index < -0.39 is 16.9 Å². The molecular weight excluding hydrogens is 148 g/mol. The first-order valence-electron chi connectivity index (χ1n) is 3.02. The van der Waals surface area contributed by atoms with Gasteiger partial charge in [0.15, 0.2) is 0 Å². The molecule has 0 aliphatic carbocycles. The van der Waals surface area contributed by atoms with Gasteiger partial charge in [-0.3, -0.25) is 14.9 Å². The molecule has 0 aromatic heterocycles. The molecule has 0 saturated carbocycles. The lowest BCUT2D eigenvalue weighted by Gasteiger charge is -2.05. The number of nitro groups is 1. The first kappa shape index (κ1) is 7.59. The predicted molar refractivity (Wildman–Crippen MR) is 38.0 cm³/mol. The highest BCUT2D eigenvalue weighted by Crippen LogP contribution is 2.03. The zero-order valence-electron chi connectivity index (χ0n) is 5.85. The fourth-order valence-electron chi connectivity index (χ4n) is 0.813. The number of aliphatic imine (C=N–C) groups is 1. The molecule has 1 atom stereocenters. The normalized spacial score (nSPS) is 23.2. The number of carbonyl (C=O) groups is 1. The summed E-state index contributed by atoms with van der Waals surface area (Å²) >= 11 is 0. The predicted octanol–water partition coefficient (Wildman–Crippen LogP) is 0.189. The Morgan fingerprint density at radius 1 is 1.73 bits per heavy atom. The van der Waals surface area contributed by atoms with Crippen molar-refractivity contribution in [1.82, 2.24) is 0 Å². The number of dihydropyridines is 1. The average Bonchev–Trinajstić information content (AvgIpc) is 1.85. The maximum Gasteiger partial charge on any atom is 0.269 e. The second kappa shape index (κ2) is 2.61. The van der Waals surface area contributed by atoms with Crippen molar-refractivity contribution in [3.05, 3.63) is 22.3 Å². The molecule has 1 rings (SSSR count). The van der Waals surface area contributed by atoms with Crippen LogP contribution in [0.25, 0.3) is 0 Å². The zero-order chi connectivity index (χ0) is 8.43. The van der Waals surface area contributed by atoms with Gasteiger partial charge >= 0.3 is 0 Å². The number of amides is 1. The lowest BCUT2D eigenvalue weighted by molar-refractivity contribution is -0.490. The number of carbonyl (C=O) groups excluding carboxylic acids is 1. The lowest BCUT2D eigenvalue weighted by Crippen LogP contribution is -2.28. The Balaban J connectivity index is 2.88. The Kier molecular flexibility index (Phi) is 1.80. The fourth-order valence-corrected chi connectivity index (χ4v) is 0.813. The summed E-state index contributed by atoms with van der Waals surface area (Å²) in [4.78, 5) is 23.7. The highest BCUT2D eigenvalue weighted by molar-refractivity contribution is 6.04. The Morgan fingerprint density at radius 2 is 2.36 bits per heavy atom. The summed E-state index contributed by atoms with van der Waals surface area (Å²) in [6.07, 6.45) is 2.35. The zero-order valence-corrected chi connectivity index (χ0v) is 5.85. The molecule has 5 nitrogen and oxygen atoms in total. The summed E-state index contributed by atoms with van der Waals surface area (Å²) in [6, 6.07) is -0.923. The number of rotatable bonds is 1. The van der Waals surface area contributed by atoms with Crippen molar-refractivity contribution in [2.45, 2.75) is 13.0 Å². The second-order valence-corrected chi connectivity index (χ2v) is 2.18. The molecule has 1 heterocycles. The summed E-state index contributed by atoms with van der Waals surface area (Å²) in [7, 11) is 0. The Labute approximate surface area is 62.6 Å². The third kappa shape index (κ3) is 1.49. The van der Waals surface area contributed by atoms with Crippen LogP contribution >= 0.6 is 0 Å². The maximum absolute atomic E-state index is 10.5.